The second-order valence-electron chi connectivity index (χ2n) is 6.73. The van der Waals surface area contributed by atoms with Crippen LogP contribution >= 0.6 is 0 Å². The Morgan fingerprint density at radius 1 is 1.42 bits per heavy atom. The van der Waals surface area contributed by atoms with Gasteiger partial charge in [0.2, 0.25) is 0 Å². The molecule has 1 amide bonds. The normalized spacial score (nSPS) is 22.8. The monoisotopic (exact) mass is 362 g/mol. The number of hydrogen-bond acceptors (Lipinski definition) is 5. The number of likely N-dealkylation sites (N-methyl/N-ethyl adjacent to an activating group) is 1. The predicted molar refractivity (Wildman–Crippen MR) is 101 cm³/mol. The molecule has 26 heavy (non-hydrogen) atoms. The summed E-state index contributed by atoms with van der Waals surface area (Å²) >= 11 is 0. The van der Waals surface area contributed by atoms with Crippen molar-refractivity contribution in [2.45, 2.75) is 44.1 Å². The highest BCUT2D eigenvalue weighted by Crippen LogP contribution is 2.22. The minimum atomic E-state index is -0.809. The molecule has 1 aromatic rings. The van der Waals surface area contributed by atoms with Gasteiger partial charge in [-0.2, -0.15) is 0 Å². The van der Waals surface area contributed by atoms with Gasteiger partial charge in [-0.3, -0.25) is 4.79 Å². The van der Waals surface area contributed by atoms with Crippen LogP contribution in [0.25, 0.3) is 0 Å². The molecule has 6 heteroatoms. The lowest BCUT2D eigenvalue weighted by atomic mass is 9.98. The number of aliphatic hydroxyl groups excluding tert-OH is 1. The molecule has 1 fully saturated rings. The van der Waals surface area contributed by atoms with Crippen LogP contribution in [0.15, 0.2) is 36.9 Å². The topological polar surface area (TPSA) is 71.0 Å². The second kappa shape index (κ2) is 10.3. The minimum Gasteiger partial charge on any atom is -0.497 e. The fraction of sp³-hybridized carbons (Fsp3) is 0.550. The second-order valence-corrected chi connectivity index (χ2v) is 6.73. The van der Waals surface area contributed by atoms with Crippen LogP contribution in [0.4, 0.5) is 0 Å². The average Bonchev–Trinajstić information content (AvgIpc) is 2.66. The first-order valence-corrected chi connectivity index (χ1v) is 9.07. The van der Waals surface area contributed by atoms with E-state index in [1.807, 2.05) is 37.4 Å². The molecule has 2 rings (SSSR count). The van der Waals surface area contributed by atoms with E-state index in [0.717, 1.165) is 37.2 Å². The number of ether oxygens (including phenoxy) is 2. The number of carbonyl (C=O) groups is 1. The van der Waals surface area contributed by atoms with E-state index in [-0.39, 0.29) is 12.0 Å². The zero-order valence-electron chi connectivity index (χ0n) is 15.7. The van der Waals surface area contributed by atoms with E-state index in [9.17, 15) is 9.90 Å². The lowest BCUT2D eigenvalue weighted by Crippen LogP contribution is -2.49. The Balaban J connectivity index is 1.82. The summed E-state index contributed by atoms with van der Waals surface area (Å²) in [7, 11) is 3.64. The predicted octanol–water partition coefficient (Wildman–Crippen LogP) is 1.73. The molecule has 0 saturated carbocycles. The van der Waals surface area contributed by atoms with Crippen LogP contribution in [0.1, 0.15) is 24.8 Å². The van der Waals surface area contributed by atoms with Crippen LogP contribution in [0.3, 0.4) is 0 Å². The summed E-state index contributed by atoms with van der Waals surface area (Å²) in [5.41, 5.74) is 0.965. The molecule has 6 nitrogen and oxygen atoms in total. The van der Waals surface area contributed by atoms with Crippen molar-refractivity contribution in [1.82, 2.24) is 10.2 Å². The number of nitrogens with zero attached hydrogens (tertiary/aromatic N) is 1. The summed E-state index contributed by atoms with van der Waals surface area (Å²) in [6, 6.07) is 7.50. The molecule has 3 atom stereocenters. The number of nitrogens with one attached hydrogen (secondary N) is 1. The molecular formula is C20H30N2O4. The summed E-state index contributed by atoms with van der Waals surface area (Å²) < 4.78 is 11.0. The lowest BCUT2D eigenvalue weighted by Gasteiger charge is -2.33. The van der Waals surface area contributed by atoms with Gasteiger partial charge in [-0.1, -0.05) is 18.2 Å². The molecule has 1 aromatic carbocycles. The quantitative estimate of drug-likeness (QED) is 0.655. The van der Waals surface area contributed by atoms with Crippen LogP contribution in [0.2, 0.25) is 0 Å². The van der Waals surface area contributed by atoms with Crippen molar-refractivity contribution in [3.8, 4) is 5.75 Å². The van der Waals surface area contributed by atoms with E-state index in [4.69, 9.17) is 9.47 Å². The first-order valence-electron chi connectivity index (χ1n) is 9.07. The van der Waals surface area contributed by atoms with Gasteiger partial charge in [0.1, 0.15) is 5.75 Å². The van der Waals surface area contributed by atoms with Crippen LogP contribution < -0.4 is 10.1 Å². The van der Waals surface area contributed by atoms with Gasteiger partial charge in [0, 0.05) is 19.6 Å². The number of methoxy groups -OCH3 is 1. The summed E-state index contributed by atoms with van der Waals surface area (Å²) in [6.45, 7) is 5.81. The van der Waals surface area contributed by atoms with Crippen molar-refractivity contribution >= 4 is 5.91 Å². The molecular weight excluding hydrogens is 332 g/mol. The number of benzene rings is 1. The van der Waals surface area contributed by atoms with Crippen molar-refractivity contribution in [3.05, 3.63) is 42.5 Å². The molecule has 1 aliphatic heterocycles. The molecule has 0 aromatic heterocycles. The van der Waals surface area contributed by atoms with Crippen LogP contribution in [0, 0.1) is 0 Å². The SMILES string of the molecule is C=CCN(C)CC[C@H]1CC[C@H](O)[C@@H](C(=O)NCc2ccc(OC)cc2)O1. The zero-order chi connectivity index (χ0) is 18.9. The van der Waals surface area contributed by atoms with E-state index >= 15 is 0 Å². The molecule has 1 aliphatic rings. The van der Waals surface area contributed by atoms with Crippen LogP contribution in [0.5, 0.6) is 5.75 Å². The molecule has 0 unspecified atom stereocenters. The maximum Gasteiger partial charge on any atom is 0.252 e. The molecule has 1 saturated heterocycles. The van der Waals surface area contributed by atoms with Gasteiger partial charge in [-0.15, -0.1) is 6.58 Å². The van der Waals surface area contributed by atoms with Crippen molar-refractivity contribution in [2.24, 2.45) is 0 Å². The number of rotatable bonds is 9. The van der Waals surface area contributed by atoms with Gasteiger partial charge in [-0.25, -0.2) is 0 Å². The Bertz CT molecular complexity index is 576. The summed E-state index contributed by atoms with van der Waals surface area (Å²) in [5.74, 6) is 0.507. The van der Waals surface area contributed by atoms with E-state index in [1.54, 1.807) is 7.11 Å². The van der Waals surface area contributed by atoms with Crippen LogP contribution in [-0.4, -0.2) is 61.5 Å². The summed E-state index contributed by atoms with van der Waals surface area (Å²) in [6.07, 6.45) is 2.47. The fourth-order valence-corrected chi connectivity index (χ4v) is 3.03. The van der Waals surface area contributed by atoms with E-state index < -0.39 is 12.2 Å². The first-order chi connectivity index (χ1) is 12.5. The highest BCUT2D eigenvalue weighted by atomic mass is 16.5. The van der Waals surface area contributed by atoms with Crippen molar-refractivity contribution in [3.63, 3.8) is 0 Å². The summed E-state index contributed by atoms with van der Waals surface area (Å²) in [5, 5.41) is 13.0. The van der Waals surface area contributed by atoms with E-state index in [0.29, 0.717) is 13.0 Å². The molecule has 2 N–H and O–H groups in total. The van der Waals surface area contributed by atoms with Gasteiger partial charge in [0.05, 0.1) is 19.3 Å². The van der Waals surface area contributed by atoms with Gasteiger partial charge in [0.15, 0.2) is 6.10 Å². The Hall–Kier alpha value is -1.89. The molecule has 0 radical (unpaired) electrons. The first kappa shape index (κ1) is 20.4. The third-order valence-electron chi connectivity index (χ3n) is 4.63. The fourth-order valence-electron chi connectivity index (χ4n) is 3.03. The Kier molecular flexibility index (Phi) is 8.09. The van der Waals surface area contributed by atoms with Crippen molar-refractivity contribution in [2.75, 3.05) is 27.2 Å². The molecule has 144 valence electrons. The Morgan fingerprint density at radius 2 is 2.15 bits per heavy atom. The Labute approximate surface area is 155 Å². The largest absolute Gasteiger partial charge is 0.497 e. The van der Waals surface area contributed by atoms with E-state index in [2.05, 4.69) is 16.8 Å². The molecule has 1 heterocycles. The number of carbonyl (C=O) groups excluding carboxylic acids is 1. The number of hydrogen-bond donors (Lipinski definition) is 2. The Morgan fingerprint density at radius 3 is 2.81 bits per heavy atom. The van der Waals surface area contributed by atoms with Gasteiger partial charge in [0.25, 0.3) is 5.91 Å². The van der Waals surface area contributed by atoms with Crippen molar-refractivity contribution in [1.29, 1.82) is 0 Å². The maximum atomic E-state index is 12.4. The third kappa shape index (κ3) is 6.12. The highest BCUT2D eigenvalue weighted by Gasteiger charge is 2.34. The van der Waals surface area contributed by atoms with Gasteiger partial charge < -0.3 is 24.8 Å². The average molecular weight is 362 g/mol. The number of amides is 1. The highest BCUT2D eigenvalue weighted by molar-refractivity contribution is 5.81. The smallest absolute Gasteiger partial charge is 0.252 e. The van der Waals surface area contributed by atoms with Crippen molar-refractivity contribution < 1.29 is 19.4 Å². The summed E-state index contributed by atoms with van der Waals surface area (Å²) in [4.78, 5) is 14.6. The minimum absolute atomic E-state index is 0.0117. The lowest BCUT2D eigenvalue weighted by molar-refractivity contribution is -0.158. The third-order valence-corrected chi connectivity index (χ3v) is 4.63. The zero-order valence-corrected chi connectivity index (χ0v) is 15.7. The van der Waals surface area contributed by atoms with E-state index in [1.165, 1.54) is 0 Å². The number of aliphatic hydroxyl groups is 1. The van der Waals surface area contributed by atoms with Gasteiger partial charge in [-0.05, 0) is 44.0 Å². The molecule has 0 aliphatic carbocycles. The van der Waals surface area contributed by atoms with Gasteiger partial charge >= 0.3 is 0 Å². The van der Waals surface area contributed by atoms with Crippen LogP contribution in [-0.2, 0) is 16.1 Å². The molecule has 0 bridgehead atoms. The molecule has 0 spiro atoms. The standard InChI is InChI=1S/C20H30N2O4/c1-4-12-22(2)13-11-17-9-10-18(23)19(26-17)20(24)21-14-15-5-7-16(25-3)8-6-15/h4-8,17-19,23H,1,9-14H2,2-3H3,(H,21,24)/t17-,18+,19+/m1/s1. The maximum absolute atomic E-state index is 12.4.